The van der Waals surface area contributed by atoms with Crippen molar-refractivity contribution < 1.29 is 4.79 Å². The van der Waals surface area contributed by atoms with Crippen LogP contribution in [0.25, 0.3) is 0 Å². The number of nitrogens with zero attached hydrogens (tertiary/aromatic N) is 4. The molecular weight excluding hydrogens is 302 g/mol. The number of nitrogens with one attached hydrogen (secondary N) is 1. The number of aromatic nitrogens is 1. The van der Waals surface area contributed by atoms with E-state index in [9.17, 15) is 4.79 Å². The van der Waals surface area contributed by atoms with E-state index in [1.165, 1.54) is 19.2 Å². The number of carbonyl (C=O) groups is 1. The first kappa shape index (κ1) is 18.2. The normalized spacial score (nSPS) is 15.7. The minimum atomic E-state index is 0.0136. The van der Waals surface area contributed by atoms with Gasteiger partial charge in [-0.2, -0.15) is 5.26 Å². The van der Waals surface area contributed by atoms with Crippen molar-refractivity contribution in [3.63, 3.8) is 0 Å². The van der Waals surface area contributed by atoms with Gasteiger partial charge in [0, 0.05) is 19.8 Å². The third-order valence-corrected chi connectivity index (χ3v) is 4.48. The standard InChI is InChI=1S/C18H27N5O/c1-3-8-23-9-6-15(7-10-23)12-21-18(24)14-22(2)17-5-4-16(11-19)13-20-17/h4-5,13,15H,3,6-10,12,14H2,1-2H3,(H,21,24). The van der Waals surface area contributed by atoms with Gasteiger partial charge in [0.1, 0.15) is 11.9 Å². The number of piperidine rings is 1. The molecule has 0 atom stereocenters. The highest BCUT2D eigenvalue weighted by atomic mass is 16.2. The lowest BCUT2D eigenvalue weighted by Crippen LogP contribution is -2.41. The van der Waals surface area contributed by atoms with Gasteiger partial charge in [0.25, 0.3) is 0 Å². The Balaban J connectivity index is 1.70. The molecule has 0 saturated carbocycles. The lowest BCUT2D eigenvalue weighted by atomic mass is 9.96. The van der Waals surface area contributed by atoms with E-state index in [4.69, 9.17) is 5.26 Å². The highest BCUT2D eigenvalue weighted by Gasteiger charge is 2.19. The Labute approximate surface area is 144 Å². The summed E-state index contributed by atoms with van der Waals surface area (Å²) in [6, 6.07) is 5.51. The molecule has 1 N–H and O–H groups in total. The molecule has 0 aliphatic carbocycles. The second-order valence-electron chi connectivity index (χ2n) is 6.46. The van der Waals surface area contributed by atoms with Crippen LogP contribution in [0.1, 0.15) is 31.7 Å². The fraction of sp³-hybridized carbons (Fsp3) is 0.611. The van der Waals surface area contributed by atoms with Crippen molar-refractivity contribution in [2.45, 2.75) is 26.2 Å². The minimum Gasteiger partial charge on any atom is -0.354 e. The lowest BCUT2D eigenvalue weighted by molar-refractivity contribution is -0.120. The first-order valence-corrected chi connectivity index (χ1v) is 8.68. The molecule has 6 nitrogen and oxygen atoms in total. The molecule has 1 aliphatic rings. The van der Waals surface area contributed by atoms with Crippen LogP contribution in [-0.4, -0.2) is 55.6 Å². The summed E-state index contributed by atoms with van der Waals surface area (Å²) in [6.45, 7) is 6.71. The van der Waals surface area contributed by atoms with Gasteiger partial charge < -0.3 is 15.1 Å². The third-order valence-electron chi connectivity index (χ3n) is 4.48. The van der Waals surface area contributed by atoms with Crippen LogP contribution in [-0.2, 0) is 4.79 Å². The smallest absolute Gasteiger partial charge is 0.239 e. The second kappa shape index (κ2) is 9.24. The van der Waals surface area contributed by atoms with Crippen LogP contribution in [0.3, 0.4) is 0 Å². The predicted molar refractivity (Wildman–Crippen MR) is 94.7 cm³/mol. The molecule has 1 aromatic heterocycles. The molecular formula is C18H27N5O. The first-order chi connectivity index (χ1) is 11.6. The van der Waals surface area contributed by atoms with E-state index in [0.29, 0.717) is 17.3 Å². The molecule has 2 heterocycles. The van der Waals surface area contributed by atoms with Crippen molar-refractivity contribution >= 4 is 11.7 Å². The Morgan fingerprint density at radius 3 is 2.79 bits per heavy atom. The molecule has 0 bridgehead atoms. The molecule has 0 aromatic carbocycles. The average Bonchev–Trinajstić information content (AvgIpc) is 2.61. The van der Waals surface area contributed by atoms with E-state index < -0.39 is 0 Å². The van der Waals surface area contributed by atoms with Crippen LogP contribution < -0.4 is 10.2 Å². The molecule has 1 aliphatic heterocycles. The predicted octanol–water partition coefficient (Wildman–Crippen LogP) is 1.63. The molecule has 130 valence electrons. The van der Waals surface area contributed by atoms with Crippen LogP contribution in [0.4, 0.5) is 5.82 Å². The Hall–Kier alpha value is -2.13. The van der Waals surface area contributed by atoms with Crippen LogP contribution in [0.2, 0.25) is 0 Å². The molecule has 0 spiro atoms. The van der Waals surface area contributed by atoms with Crippen molar-refractivity contribution in [3.8, 4) is 6.07 Å². The highest BCUT2D eigenvalue weighted by molar-refractivity contribution is 5.80. The summed E-state index contributed by atoms with van der Waals surface area (Å²) in [5.74, 6) is 1.29. The maximum atomic E-state index is 12.1. The van der Waals surface area contributed by atoms with Crippen molar-refractivity contribution in [3.05, 3.63) is 23.9 Å². The number of hydrogen-bond acceptors (Lipinski definition) is 5. The monoisotopic (exact) mass is 329 g/mol. The zero-order chi connectivity index (χ0) is 17.4. The number of likely N-dealkylation sites (tertiary alicyclic amines) is 1. The molecule has 6 heteroatoms. The summed E-state index contributed by atoms with van der Waals surface area (Å²) < 4.78 is 0. The van der Waals surface area contributed by atoms with Crippen molar-refractivity contribution in [1.29, 1.82) is 5.26 Å². The zero-order valence-corrected chi connectivity index (χ0v) is 14.7. The SMILES string of the molecule is CCCN1CCC(CNC(=O)CN(C)c2ccc(C#N)cn2)CC1. The van der Waals surface area contributed by atoms with Gasteiger partial charge in [-0.15, -0.1) is 0 Å². The van der Waals surface area contributed by atoms with Crippen LogP contribution >= 0.6 is 0 Å². The number of nitriles is 1. The van der Waals surface area contributed by atoms with Crippen LogP contribution in [0.5, 0.6) is 0 Å². The summed E-state index contributed by atoms with van der Waals surface area (Å²) >= 11 is 0. The van der Waals surface area contributed by atoms with E-state index in [1.807, 2.05) is 13.1 Å². The van der Waals surface area contributed by atoms with E-state index in [0.717, 1.165) is 32.5 Å². The molecule has 1 amide bonds. The van der Waals surface area contributed by atoms with E-state index in [1.54, 1.807) is 17.0 Å². The van der Waals surface area contributed by atoms with E-state index in [-0.39, 0.29) is 12.5 Å². The topological polar surface area (TPSA) is 72.3 Å². The molecule has 0 radical (unpaired) electrons. The zero-order valence-electron chi connectivity index (χ0n) is 14.7. The quantitative estimate of drug-likeness (QED) is 0.823. The average molecular weight is 329 g/mol. The molecule has 1 fully saturated rings. The summed E-state index contributed by atoms with van der Waals surface area (Å²) in [7, 11) is 1.83. The third kappa shape index (κ3) is 5.50. The highest BCUT2D eigenvalue weighted by Crippen LogP contribution is 2.16. The Morgan fingerprint density at radius 1 is 1.46 bits per heavy atom. The molecule has 2 rings (SSSR count). The lowest BCUT2D eigenvalue weighted by Gasteiger charge is -2.31. The first-order valence-electron chi connectivity index (χ1n) is 8.68. The van der Waals surface area contributed by atoms with Gasteiger partial charge in [0.2, 0.25) is 5.91 Å². The van der Waals surface area contributed by atoms with E-state index in [2.05, 4.69) is 22.1 Å². The van der Waals surface area contributed by atoms with Gasteiger partial charge in [0.15, 0.2) is 0 Å². The Bertz CT molecular complexity index is 558. The second-order valence-corrected chi connectivity index (χ2v) is 6.46. The molecule has 24 heavy (non-hydrogen) atoms. The Morgan fingerprint density at radius 2 is 2.21 bits per heavy atom. The fourth-order valence-corrected chi connectivity index (χ4v) is 3.02. The number of hydrogen-bond donors (Lipinski definition) is 1. The Kier molecular flexibility index (Phi) is 7.01. The number of likely N-dealkylation sites (N-methyl/N-ethyl adjacent to an activating group) is 1. The van der Waals surface area contributed by atoms with Crippen molar-refractivity contribution in [2.24, 2.45) is 5.92 Å². The summed E-state index contributed by atoms with van der Waals surface area (Å²) in [6.07, 6.45) is 5.05. The van der Waals surface area contributed by atoms with Gasteiger partial charge >= 0.3 is 0 Å². The van der Waals surface area contributed by atoms with Crippen molar-refractivity contribution in [2.75, 3.05) is 44.7 Å². The van der Waals surface area contributed by atoms with Crippen LogP contribution in [0, 0.1) is 17.2 Å². The van der Waals surface area contributed by atoms with Gasteiger partial charge in [-0.25, -0.2) is 4.98 Å². The van der Waals surface area contributed by atoms with E-state index >= 15 is 0 Å². The number of anilines is 1. The minimum absolute atomic E-state index is 0.0136. The molecule has 0 unspecified atom stereocenters. The maximum Gasteiger partial charge on any atom is 0.239 e. The largest absolute Gasteiger partial charge is 0.354 e. The fourth-order valence-electron chi connectivity index (χ4n) is 3.02. The maximum absolute atomic E-state index is 12.1. The molecule has 1 aromatic rings. The summed E-state index contributed by atoms with van der Waals surface area (Å²) in [4.78, 5) is 20.6. The summed E-state index contributed by atoms with van der Waals surface area (Å²) in [5.41, 5.74) is 0.519. The van der Waals surface area contributed by atoms with Crippen LogP contribution in [0.15, 0.2) is 18.3 Å². The summed E-state index contributed by atoms with van der Waals surface area (Å²) in [5, 5.41) is 11.8. The number of carbonyl (C=O) groups excluding carboxylic acids is 1. The number of rotatable bonds is 7. The van der Waals surface area contributed by atoms with Gasteiger partial charge in [-0.1, -0.05) is 6.92 Å². The number of amides is 1. The number of pyridine rings is 1. The van der Waals surface area contributed by atoms with Crippen molar-refractivity contribution in [1.82, 2.24) is 15.2 Å². The van der Waals surface area contributed by atoms with Gasteiger partial charge in [-0.05, 0) is 56.9 Å². The van der Waals surface area contributed by atoms with Gasteiger partial charge in [0.05, 0.1) is 12.1 Å². The molecule has 1 saturated heterocycles. The van der Waals surface area contributed by atoms with Gasteiger partial charge in [-0.3, -0.25) is 4.79 Å².